The molecule has 0 aliphatic heterocycles. The molecule has 16 heavy (non-hydrogen) atoms. The Kier molecular flexibility index (Phi) is 3.01. The molecule has 3 rings (SSSR count). The molecule has 2 saturated carbocycles. The van der Waals surface area contributed by atoms with Gasteiger partial charge in [0.25, 0.3) is 0 Å². The second-order valence-electron chi connectivity index (χ2n) is 4.74. The van der Waals surface area contributed by atoms with Crippen LogP contribution < -0.4 is 0 Å². The number of ketones is 1. The Morgan fingerprint density at radius 1 is 1.25 bits per heavy atom. The Bertz CT molecular complexity index is 428. The fourth-order valence-electron chi connectivity index (χ4n) is 3.07. The number of Topliss-reactive ketones (excluding diaryl/α,β-unsaturated/α-hetero) is 1. The van der Waals surface area contributed by atoms with Gasteiger partial charge in [-0.05, 0) is 62.6 Å². The van der Waals surface area contributed by atoms with Crippen molar-refractivity contribution in [1.82, 2.24) is 0 Å². The number of carbonyl (C=O) groups excluding carboxylic acids is 1. The monoisotopic (exact) mass is 362 g/mol. The lowest BCUT2D eigenvalue weighted by Gasteiger charge is -2.04. The van der Waals surface area contributed by atoms with Crippen LogP contribution in [0.2, 0.25) is 0 Å². The molecule has 0 bridgehead atoms. The van der Waals surface area contributed by atoms with Crippen LogP contribution in [-0.2, 0) is 0 Å². The van der Waals surface area contributed by atoms with Crippen molar-refractivity contribution < 1.29 is 4.79 Å². The predicted octanol–water partition coefficient (Wildman–Crippen LogP) is 4.89. The maximum Gasteiger partial charge on any atom is 0.168 e. The van der Waals surface area contributed by atoms with Gasteiger partial charge in [0.15, 0.2) is 5.78 Å². The molecule has 1 aromatic heterocycles. The van der Waals surface area contributed by atoms with Crippen molar-refractivity contribution in [2.24, 2.45) is 17.8 Å². The van der Waals surface area contributed by atoms with E-state index in [4.69, 9.17) is 0 Å². The number of carbonyl (C=O) groups is 1. The summed E-state index contributed by atoms with van der Waals surface area (Å²) in [7, 11) is 0. The van der Waals surface area contributed by atoms with Crippen molar-refractivity contribution >= 4 is 49.0 Å². The maximum atomic E-state index is 12.4. The van der Waals surface area contributed by atoms with Gasteiger partial charge in [-0.25, -0.2) is 0 Å². The largest absolute Gasteiger partial charge is 0.294 e. The SMILES string of the molecule is O=C(c1cc(Br)sc1Br)C1C2CCCCC21. The van der Waals surface area contributed by atoms with Crippen LogP contribution in [-0.4, -0.2) is 5.78 Å². The molecule has 4 heteroatoms. The van der Waals surface area contributed by atoms with Gasteiger partial charge >= 0.3 is 0 Å². The Morgan fingerprint density at radius 3 is 2.38 bits per heavy atom. The van der Waals surface area contributed by atoms with Gasteiger partial charge in [-0.2, -0.15) is 0 Å². The fourth-order valence-corrected chi connectivity index (χ4v) is 5.89. The third-order valence-electron chi connectivity index (χ3n) is 3.88. The summed E-state index contributed by atoms with van der Waals surface area (Å²) in [5.41, 5.74) is 0.885. The molecule has 0 spiro atoms. The van der Waals surface area contributed by atoms with Crippen molar-refractivity contribution in [3.63, 3.8) is 0 Å². The molecule has 1 aromatic rings. The van der Waals surface area contributed by atoms with Gasteiger partial charge in [0.2, 0.25) is 0 Å². The molecular weight excluding hydrogens is 352 g/mol. The van der Waals surface area contributed by atoms with E-state index in [0.717, 1.165) is 13.1 Å². The zero-order chi connectivity index (χ0) is 11.3. The second-order valence-corrected chi connectivity index (χ2v) is 8.49. The van der Waals surface area contributed by atoms with Crippen molar-refractivity contribution in [2.75, 3.05) is 0 Å². The lowest BCUT2D eigenvalue weighted by molar-refractivity contribution is 0.0956. The highest BCUT2D eigenvalue weighted by Gasteiger charge is 2.54. The van der Waals surface area contributed by atoms with Crippen LogP contribution in [0.3, 0.4) is 0 Å². The Balaban J connectivity index is 1.81. The van der Waals surface area contributed by atoms with Crippen molar-refractivity contribution in [3.05, 3.63) is 19.2 Å². The van der Waals surface area contributed by atoms with Gasteiger partial charge in [0, 0.05) is 11.5 Å². The third kappa shape index (κ3) is 1.83. The summed E-state index contributed by atoms with van der Waals surface area (Å²) in [4.78, 5) is 12.4. The van der Waals surface area contributed by atoms with E-state index in [1.54, 1.807) is 11.3 Å². The van der Waals surface area contributed by atoms with Crippen LogP contribution in [0.25, 0.3) is 0 Å². The van der Waals surface area contributed by atoms with E-state index >= 15 is 0 Å². The first-order valence-corrected chi connectivity index (χ1v) is 8.08. The van der Waals surface area contributed by atoms with Gasteiger partial charge in [0.05, 0.1) is 7.57 Å². The standard InChI is InChI=1S/C12H12Br2OS/c13-9-5-8(12(14)16-9)11(15)10-6-3-1-2-4-7(6)10/h5-7,10H,1-4H2. The first-order chi connectivity index (χ1) is 7.68. The van der Waals surface area contributed by atoms with Crippen LogP contribution in [0.4, 0.5) is 0 Å². The number of rotatable bonds is 2. The molecule has 2 aliphatic rings. The summed E-state index contributed by atoms with van der Waals surface area (Å²) in [6, 6.07) is 1.96. The Morgan fingerprint density at radius 2 is 1.88 bits per heavy atom. The molecule has 2 aliphatic carbocycles. The van der Waals surface area contributed by atoms with E-state index < -0.39 is 0 Å². The van der Waals surface area contributed by atoms with Gasteiger partial charge in [-0.15, -0.1) is 11.3 Å². The van der Waals surface area contributed by atoms with E-state index in [1.807, 2.05) is 6.07 Å². The van der Waals surface area contributed by atoms with Gasteiger partial charge in [-0.3, -0.25) is 4.79 Å². The quantitative estimate of drug-likeness (QED) is 0.683. The van der Waals surface area contributed by atoms with Crippen molar-refractivity contribution in [3.8, 4) is 0 Å². The van der Waals surface area contributed by atoms with Crippen LogP contribution in [0.1, 0.15) is 36.0 Å². The minimum atomic E-state index is 0.334. The molecule has 0 amide bonds. The van der Waals surface area contributed by atoms with Crippen molar-refractivity contribution in [1.29, 1.82) is 0 Å². The first kappa shape index (κ1) is 11.4. The molecule has 86 valence electrons. The average molecular weight is 364 g/mol. The molecule has 2 atom stereocenters. The summed E-state index contributed by atoms with van der Waals surface area (Å²) in [5, 5.41) is 0. The zero-order valence-corrected chi connectivity index (χ0v) is 12.7. The highest BCUT2D eigenvalue weighted by molar-refractivity contribution is 9.12. The van der Waals surface area contributed by atoms with Crippen LogP contribution >= 0.6 is 43.2 Å². The molecule has 2 fully saturated rings. The van der Waals surface area contributed by atoms with Crippen molar-refractivity contribution in [2.45, 2.75) is 25.7 Å². The highest BCUT2D eigenvalue weighted by Crippen LogP contribution is 2.57. The van der Waals surface area contributed by atoms with E-state index in [1.165, 1.54) is 25.7 Å². The molecule has 2 unspecified atom stereocenters. The highest BCUT2D eigenvalue weighted by atomic mass is 79.9. The molecule has 0 radical (unpaired) electrons. The van der Waals surface area contributed by atoms with Crippen LogP contribution in [0, 0.1) is 17.8 Å². The number of hydrogen-bond donors (Lipinski definition) is 0. The summed E-state index contributed by atoms with van der Waals surface area (Å²) >= 11 is 8.50. The summed E-state index contributed by atoms with van der Waals surface area (Å²) in [5.74, 6) is 2.10. The van der Waals surface area contributed by atoms with Crippen LogP contribution in [0.15, 0.2) is 13.6 Å². The molecule has 0 saturated heterocycles. The molecule has 1 heterocycles. The topological polar surface area (TPSA) is 17.1 Å². The molecule has 0 N–H and O–H groups in total. The van der Waals surface area contributed by atoms with Gasteiger partial charge in [0.1, 0.15) is 0 Å². The normalized spacial score (nSPS) is 32.2. The zero-order valence-electron chi connectivity index (χ0n) is 8.71. The molecule has 1 nitrogen and oxygen atoms in total. The van der Waals surface area contributed by atoms with E-state index in [0.29, 0.717) is 23.5 Å². The smallest absolute Gasteiger partial charge is 0.168 e. The van der Waals surface area contributed by atoms with Gasteiger partial charge < -0.3 is 0 Å². The second kappa shape index (κ2) is 4.21. The summed E-state index contributed by atoms with van der Waals surface area (Å²) in [6.07, 6.45) is 5.17. The molecular formula is C12H12Br2OS. The maximum absolute atomic E-state index is 12.4. The number of thiophene rings is 1. The fraction of sp³-hybridized carbons (Fsp3) is 0.583. The minimum Gasteiger partial charge on any atom is -0.294 e. The number of hydrogen-bond acceptors (Lipinski definition) is 2. The lowest BCUT2D eigenvalue weighted by Crippen LogP contribution is -2.03. The third-order valence-corrected chi connectivity index (χ3v) is 6.22. The average Bonchev–Trinajstić information content (AvgIpc) is 2.89. The first-order valence-electron chi connectivity index (χ1n) is 5.67. The van der Waals surface area contributed by atoms with E-state index in [-0.39, 0.29) is 0 Å². The summed E-state index contributed by atoms with van der Waals surface area (Å²) < 4.78 is 2.01. The minimum absolute atomic E-state index is 0.334. The Hall–Kier alpha value is 0.330. The number of fused-ring (bicyclic) bond motifs is 1. The lowest BCUT2D eigenvalue weighted by atomic mass is 10.0. The van der Waals surface area contributed by atoms with E-state index in [9.17, 15) is 4.79 Å². The van der Waals surface area contributed by atoms with Crippen LogP contribution in [0.5, 0.6) is 0 Å². The van der Waals surface area contributed by atoms with E-state index in [2.05, 4.69) is 31.9 Å². The summed E-state index contributed by atoms with van der Waals surface area (Å²) in [6.45, 7) is 0. The van der Waals surface area contributed by atoms with Gasteiger partial charge in [-0.1, -0.05) is 12.8 Å². The Labute approximate surface area is 116 Å². The number of halogens is 2. The molecule has 0 aromatic carbocycles. The predicted molar refractivity (Wildman–Crippen MR) is 73.0 cm³/mol.